The summed E-state index contributed by atoms with van der Waals surface area (Å²) in [4.78, 5) is 11.7. The molecule has 0 saturated heterocycles. The summed E-state index contributed by atoms with van der Waals surface area (Å²) in [6.07, 6.45) is -1.89. The van der Waals surface area contributed by atoms with Crippen molar-refractivity contribution >= 4 is 16.1 Å². The van der Waals surface area contributed by atoms with Crippen LogP contribution in [-0.4, -0.2) is 28.7 Å². The van der Waals surface area contributed by atoms with Gasteiger partial charge in [0.15, 0.2) is 0 Å². The number of hydrogen-bond acceptors (Lipinski definition) is 2. The second-order valence-corrected chi connectivity index (χ2v) is 11.2. The van der Waals surface area contributed by atoms with E-state index in [9.17, 15) is 18.0 Å². The lowest BCUT2D eigenvalue weighted by Crippen LogP contribution is -2.28. The molecule has 0 radical (unpaired) electrons. The van der Waals surface area contributed by atoms with Crippen molar-refractivity contribution in [2.45, 2.75) is 57.6 Å². The smallest absolute Gasteiger partial charge is 0.328 e. The minimum atomic E-state index is -4.84. The Kier molecular flexibility index (Phi) is 5.13. The van der Waals surface area contributed by atoms with E-state index in [1.807, 2.05) is 0 Å². The summed E-state index contributed by atoms with van der Waals surface area (Å²) in [7, 11) is -1.39. The highest BCUT2D eigenvalue weighted by Gasteiger charge is 2.43. The minimum absolute atomic E-state index is 0.0239. The Hall–Kier alpha value is -1.01. The first-order valence-electron chi connectivity index (χ1n) is 8.08. The van der Waals surface area contributed by atoms with Crippen LogP contribution in [0.1, 0.15) is 61.7 Å². The lowest BCUT2D eigenvalue weighted by atomic mass is 9.99. The molecule has 0 heterocycles. The topological polar surface area (TPSA) is 26.3 Å². The summed E-state index contributed by atoms with van der Waals surface area (Å²) < 4.78 is 44.8. The second kappa shape index (κ2) is 6.37. The maximum absolute atomic E-state index is 12.8. The predicted octanol–water partition coefficient (Wildman–Crippen LogP) is 5.60. The first-order valence-corrected chi connectivity index (χ1v) is 10.2. The number of alkyl halides is 3. The van der Waals surface area contributed by atoms with Crippen LogP contribution in [0.4, 0.5) is 13.2 Å². The first kappa shape index (κ1) is 19.3. The monoisotopic (exact) mass is 362 g/mol. The highest BCUT2D eigenvalue weighted by Crippen LogP contribution is 2.60. The third-order valence-electron chi connectivity index (χ3n) is 4.89. The average molecular weight is 362 g/mol. The van der Waals surface area contributed by atoms with E-state index in [4.69, 9.17) is 4.18 Å². The molecule has 2 atom stereocenters. The molecule has 136 valence electrons. The standard InChI is InChI=1S/C18H25F3O2S/c1-6-24(5,17(2,3)4)23-15-11-10-12-13(15)8-7-9-14(12)16(22)18(19,20)21/h7-9,15H,6,10-11H2,1-5H3/t15-/m0/s1. The van der Waals surface area contributed by atoms with Crippen molar-refractivity contribution in [1.29, 1.82) is 0 Å². The van der Waals surface area contributed by atoms with E-state index in [-0.39, 0.29) is 16.4 Å². The molecule has 24 heavy (non-hydrogen) atoms. The van der Waals surface area contributed by atoms with Crippen LogP contribution in [0.2, 0.25) is 0 Å². The molecule has 0 aliphatic heterocycles. The molecular weight excluding hydrogens is 337 g/mol. The van der Waals surface area contributed by atoms with E-state index in [1.165, 1.54) is 12.1 Å². The fourth-order valence-electron chi connectivity index (χ4n) is 2.98. The molecule has 0 N–H and O–H groups in total. The van der Waals surface area contributed by atoms with Gasteiger partial charge in [0.1, 0.15) is 0 Å². The lowest BCUT2D eigenvalue weighted by Gasteiger charge is -2.48. The molecule has 0 bridgehead atoms. The average Bonchev–Trinajstić information content (AvgIpc) is 2.87. The van der Waals surface area contributed by atoms with Gasteiger partial charge in [-0.15, -0.1) is 10.3 Å². The van der Waals surface area contributed by atoms with Gasteiger partial charge in [-0.3, -0.25) is 4.79 Å². The number of carbonyl (C=O) groups excluding carboxylic acids is 1. The SMILES string of the molecule is CCS(C)(O[C@H]1CCc2c(C(=O)C(F)(F)F)cccc21)C(C)(C)C. The fraction of sp³-hybridized carbons (Fsp3) is 0.611. The van der Waals surface area contributed by atoms with Crippen molar-refractivity contribution in [1.82, 2.24) is 0 Å². The molecular formula is C18H25F3O2S. The molecule has 1 aliphatic rings. The summed E-state index contributed by atoms with van der Waals surface area (Å²) in [5, 5.41) is 0. The Labute approximate surface area is 143 Å². The van der Waals surface area contributed by atoms with Crippen molar-refractivity contribution in [2.75, 3.05) is 12.0 Å². The zero-order valence-corrected chi connectivity index (χ0v) is 15.6. The molecule has 1 unspecified atom stereocenters. The maximum atomic E-state index is 12.8. The Balaban J connectivity index is 2.36. The van der Waals surface area contributed by atoms with Gasteiger partial charge in [-0.2, -0.15) is 13.2 Å². The van der Waals surface area contributed by atoms with Gasteiger partial charge in [0.25, 0.3) is 5.78 Å². The Morgan fingerprint density at radius 3 is 2.42 bits per heavy atom. The van der Waals surface area contributed by atoms with Crippen LogP contribution in [0.25, 0.3) is 0 Å². The molecule has 0 saturated carbocycles. The lowest BCUT2D eigenvalue weighted by molar-refractivity contribution is -0.0885. The molecule has 0 amide bonds. The normalized spacial score (nSPS) is 21.9. The number of fused-ring (bicyclic) bond motifs is 1. The number of benzene rings is 1. The van der Waals surface area contributed by atoms with Crippen LogP contribution >= 0.6 is 10.3 Å². The molecule has 0 fully saturated rings. The van der Waals surface area contributed by atoms with Crippen LogP contribution in [0.15, 0.2) is 18.2 Å². The quantitative estimate of drug-likeness (QED) is 0.651. The van der Waals surface area contributed by atoms with E-state index in [2.05, 4.69) is 34.0 Å². The van der Waals surface area contributed by atoms with E-state index < -0.39 is 22.3 Å². The van der Waals surface area contributed by atoms with Crippen molar-refractivity contribution in [3.8, 4) is 0 Å². The van der Waals surface area contributed by atoms with Crippen LogP contribution in [0.5, 0.6) is 0 Å². The highest BCUT2D eigenvalue weighted by molar-refractivity contribution is 8.30. The molecule has 1 aromatic rings. The second-order valence-electron chi connectivity index (χ2n) is 7.23. The number of rotatable bonds is 4. The van der Waals surface area contributed by atoms with Crippen LogP contribution < -0.4 is 0 Å². The Morgan fingerprint density at radius 2 is 1.92 bits per heavy atom. The summed E-state index contributed by atoms with van der Waals surface area (Å²) >= 11 is 0. The summed E-state index contributed by atoms with van der Waals surface area (Å²) in [6, 6.07) is 4.58. The van der Waals surface area contributed by atoms with E-state index in [0.717, 1.165) is 11.3 Å². The molecule has 0 spiro atoms. The fourth-order valence-corrected chi connectivity index (χ4v) is 4.99. The largest absolute Gasteiger partial charge is 0.454 e. The van der Waals surface area contributed by atoms with Crippen LogP contribution in [-0.2, 0) is 10.6 Å². The first-order chi connectivity index (χ1) is 10.9. The van der Waals surface area contributed by atoms with Gasteiger partial charge < -0.3 is 4.18 Å². The summed E-state index contributed by atoms with van der Waals surface area (Å²) in [5.41, 5.74) is 1.01. The highest BCUT2D eigenvalue weighted by atomic mass is 32.3. The third-order valence-corrected chi connectivity index (χ3v) is 9.24. The number of carbonyl (C=O) groups is 1. The summed E-state index contributed by atoms with van der Waals surface area (Å²) in [6.45, 7) is 8.47. The van der Waals surface area contributed by atoms with Gasteiger partial charge in [0, 0.05) is 10.3 Å². The third kappa shape index (κ3) is 3.49. The van der Waals surface area contributed by atoms with Crippen molar-refractivity contribution in [3.63, 3.8) is 0 Å². The molecule has 0 aromatic heterocycles. The van der Waals surface area contributed by atoms with Gasteiger partial charge in [0.2, 0.25) is 0 Å². The van der Waals surface area contributed by atoms with Gasteiger partial charge in [-0.05, 0) is 36.0 Å². The number of Topliss-reactive ketones (excluding diaryl/α,β-unsaturated/α-hetero) is 1. The van der Waals surface area contributed by atoms with Crippen molar-refractivity contribution in [2.24, 2.45) is 0 Å². The summed E-state index contributed by atoms with van der Waals surface area (Å²) in [5.74, 6) is -0.884. The zero-order chi connectivity index (χ0) is 18.3. The molecule has 1 aromatic carbocycles. The van der Waals surface area contributed by atoms with Crippen molar-refractivity contribution < 1.29 is 22.1 Å². The van der Waals surface area contributed by atoms with Gasteiger partial charge in [-0.25, -0.2) is 0 Å². The number of halogens is 3. The van der Waals surface area contributed by atoms with Gasteiger partial charge in [-0.1, -0.05) is 45.9 Å². The predicted molar refractivity (Wildman–Crippen MR) is 92.8 cm³/mol. The molecule has 2 rings (SSSR count). The zero-order valence-electron chi connectivity index (χ0n) is 14.8. The van der Waals surface area contributed by atoms with Gasteiger partial charge >= 0.3 is 6.18 Å². The van der Waals surface area contributed by atoms with E-state index in [0.29, 0.717) is 18.4 Å². The number of hydrogen-bond donors (Lipinski definition) is 0. The van der Waals surface area contributed by atoms with Gasteiger partial charge in [0.05, 0.1) is 6.10 Å². The number of ketones is 1. The molecule has 6 heteroatoms. The van der Waals surface area contributed by atoms with Crippen LogP contribution in [0, 0.1) is 0 Å². The van der Waals surface area contributed by atoms with Crippen molar-refractivity contribution in [3.05, 3.63) is 34.9 Å². The Bertz CT molecular complexity index is 634. The van der Waals surface area contributed by atoms with E-state index >= 15 is 0 Å². The molecule has 1 aliphatic carbocycles. The molecule has 2 nitrogen and oxygen atoms in total. The van der Waals surface area contributed by atoms with Crippen LogP contribution in [0.3, 0.4) is 0 Å². The van der Waals surface area contributed by atoms with E-state index in [1.54, 1.807) is 6.07 Å². The Morgan fingerprint density at radius 1 is 1.29 bits per heavy atom. The maximum Gasteiger partial charge on any atom is 0.454 e. The minimum Gasteiger partial charge on any atom is -0.328 e.